The Bertz CT molecular complexity index is 1060. The van der Waals surface area contributed by atoms with Gasteiger partial charge in [-0.25, -0.2) is 4.68 Å². The Kier molecular flexibility index (Phi) is 6.15. The van der Waals surface area contributed by atoms with Crippen molar-refractivity contribution in [1.29, 1.82) is 0 Å². The Balaban J connectivity index is 1.46. The maximum atomic E-state index is 13.1. The standard InChI is InChI=1S/C21H22ClN5O2S/c1-2-5-16(21(29)26-10-8-19-14(12-26)9-11-30-19)23-20(28)17-13-27(25-24-17)18-7-4-3-6-15(18)22/h3-4,6-7,9,11,13,16H,2,5,8,10,12H2,1H3,(H,23,28). The highest BCUT2D eigenvalue weighted by Crippen LogP contribution is 2.25. The van der Waals surface area contributed by atoms with Gasteiger partial charge in [-0.05, 0) is 42.0 Å². The van der Waals surface area contributed by atoms with E-state index in [0.29, 0.717) is 30.2 Å². The number of carbonyl (C=O) groups excluding carboxylic acids is 2. The molecule has 0 saturated carbocycles. The molecule has 1 aliphatic rings. The molecule has 1 aromatic carbocycles. The van der Waals surface area contributed by atoms with Crippen LogP contribution in [0.4, 0.5) is 0 Å². The second kappa shape index (κ2) is 8.97. The molecule has 0 bridgehead atoms. The zero-order valence-corrected chi connectivity index (χ0v) is 18.1. The molecule has 2 amide bonds. The molecule has 4 rings (SSSR count). The number of benzene rings is 1. The number of hydrogen-bond donors (Lipinski definition) is 1. The first-order valence-corrected chi connectivity index (χ1v) is 11.1. The lowest BCUT2D eigenvalue weighted by Gasteiger charge is -2.30. The van der Waals surface area contributed by atoms with Crippen LogP contribution in [-0.4, -0.2) is 44.3 Å². The van der Waals surface area contributed by atoms with Gasteiger partial charge in [-0.2, -0.15) is 0 Å². The number of thiophene rings is 1. The number of hydrogen-bond acceptors (Lipinski definition) is 5. The van der Waals surface area contributed by atoms with Gasteiger partial charge in [-0.3, -0.25) is 9.59 Å². The zero-order chi connectivity index (χ0) is 21.1. The van der Waals surface area contributed by atoms with Crippen molar-refractivity contribution in [3.8, 4) is 5.69 Å². The molecule has 7 nitrogen and oxygen atoms in total. The highest BCUT2D eigenvalue weighted by atomic mass is 35.5. The van der Waals surface area contributed by atoms with Crippen LogP contribution >= 0.6 is 22.9 Å². The van der Waals surface area contributed by atoms with Crippen molar-refractivity contribution in [2.45, 2.75) is 38.8 Å². The van der Waals surface area contributed by atoms with E-state index in [9.17, 15) is 9.59 Å². The van der Waals surface area contributed by atoms with Gasteiger partial charge < -0.3 is 10.2 Å². The molecule has 156 valence electrons. The van der Waals surface area contributed by atoms with Crippen LogP contribution in [-0.2, 0) is 17.8 Å². The number of nitrogens with zero attached hydrogens (tertiary/aromatic N) is 4. The Morgan fingerprint density at radius 2 is 2.13 bits per heavy atom. The largest absolute Gasteiger partial charge is 0.339 e. The number of carbonyl (C=O) groups is 2. The molecule has 2 aromatic heterocycles. The third kappa shape index (κ3) is 4.24. The molecule has 1 unspecified atom stereocenters. The van der Waals surface area contributed by atoms with Crippen LogP contribution in [0.2, 0.25) is 5.02 Å². The van der Waals surface area contributed by atoms with Crippen LogP contribution in [0.15, 0.2) is 41.9 Å². The second-order valence-corrected chi connectivity index (χ2v) is 8.60. The number of fused-ring (bicyclic) bond motifs is 1. The number of aromatic nitrogens is 3. The van der Waals surface area contributed by atoms with Crippen molar-refractivity contribution < 1.29 is 9.59 Å². The zero-order valence-electron chi connectivity index (χ0n) is 16.5. The van der Waals surface area contributed by atoms with Gasteiger partial charge in [0, 0.05) is 18.0 Å². The van der Waals surface area contributed by atoms with E-state index in [4.69, 9.17) is 11.6 Å². The molecule has 3 aromatic rings. The van der Waals surface area contributed by atoms with E-state index >= 15 is 0 Å². The van der Waals surface area contributed by atoms with Gasteiger partial charge in [0.1, 0.15) is 6.04 Å². The Hall–Kier alpha value is -2.71. The summed E-state index contributed by atoms with van der Waals surface area (Å²) in [7, 11) is 0. The lowest BCUT2D eigenvalue weighted by atomic mass is 10.1. The Morgan fingerprint density at radius 1 is 1.30 bits per heavy atom. The van der Waals surface area contributed by atoms with Crippen molar-refractivity contribution in [1.82, 2.24) is 25.2 Å². The Labute approximate surface area is 183 Å². The normalized spacial score (nSPS) is 14.3. The molecule has 1 aliphatic heterocycles. The van der Waals surface area contributed by atoms with Crippen LogP contribution in [0.3, 0.4) is 0 Å². The fraction of sp³-hybridized carbons (Fsp3) is 0.333. The van der Waals surface area contributed by atoms with E-state index in [1.165, 1.54) is 21.3 Å². The summed E-state index contributed by atoms with van der Waals surface area (Å²) in [5, 5.41) is 13.4. The van der Waals surface area contributed by atoms with Crippen molar-refractivity contribution in [2.75, 3.05) is 6.54 Å². The number of halogens is 1. The minimum atomic E-state index is -0.590. The van der Waals surface area contributed by atoms with E-state index < -0.39 is 11.9 Å². The van der Waals surface area contributed by atoms with Crippen LogP contribution < -0.4 is 5.32 Å². The number of amides is 2. The summed E-state index contributed by atoms with van der Waals surface area (Å²) >= 11 is 7.92. The molecule has 1 N–H and O–H groups in total. The summed E-state index contributed by atoms with van der Waals surface area (Å²) in [6.45, 7) is 3.26. The molecule has 0 radical (unpaired) electrons. The molecule has 0 spiro atoms. The van der Waals surface area contributed by atoms with E-state index in [1.807, 2.05) is 24.0 Å². The van der Waals surface area contributed by atoms with Gasteiger partial charge in [0.25, 0.3) is 5.91 Å². The summed E-state index contributed by atoms with van der Waals surface area (Å²) in [6.07, 6.45) is 3.72. The molecule has 0 aliphatic carbocycles. The maximum Gasteiger partial charge on any atom is 0.274 e. The summed E-state index contributed by atoms with van der Waals surface area (Å²) in [5.74, 6) is -0.478. The quantitative estimate of drug-likeness (QED) is 0.632. The van der Waals surface area contributed by atoms with Gasteiger partial charge in [0.05, 0.1) is 16.9 Å². The molecule has 1 atom stereocenters. The van der Waals surface area contributed by atoms with Gasteiger partial charge >= 0.3 is 0 Å². The molecule has 0 fully saturated rings. The predicted octanol–water partition coefficient (Wildman–Crippen LogP) is 3.47. The van der Waals surface area contributed by atoms with Gasteiger partial charge in [0.2, 0.25) is 5.91 Å². The van der Waals surface area contributed by atoms with E-state index in [1.54, 1.807) is 23.5 Å². The highest BCUT2D eigenvalue weighted by molar-refractivity contribution is 7.10. The third-order valence-corrected chi connectivity index (χ3v) is 6.47. The first kappa shape index (κ1) is 20.6. The minimum absolute atomic E-state index is 0.0551. The predicted molar refractivity (Wildman–Crippen MR) is 116 cm³/mol. The first-order chi connectivity index (χ1) is 14.6. The van der Waals surface area contributed by atoms with Crippen LogP contribution in [0, 0.1) is 0 Å². The van der Waals surface area contributed by atoms with Gasteiger partial charge in [-0.1, -0.05) is 42.3 Å². The molecule has 0 saturated heterocycles. The fourth-order valence-corrected chi connectivity index (χ4v) is 4.67. The van der Waals surface area contributed by atoms with Crippen molar-refractivity contribution in [3.05, 3.63) is 63.1 Å². The van der Waals surface area contributed by atoms with Gasteiger partial charge in [0.15, 0.2) is 5.69 Å². The summed E-state index contributed by atoms with van der Waals surface area (Å²) in [5.41, 5.74) is 1.97. The summed E-state index contributed by atoms with van der Waals surface area (Å²) in [6, 6.07) is 8.66. The van der Waals surface area contributed by atoms with Crippen LogP contribution in [0.5, 0.6) is 0 Å². The van der Waals surface area contributed by atoms with E-state index in [-0.39, 0.29) is 11.6 Å². The van der Waals surface area contributed by atoms with Crippen molar-refractivity contribution in [3.63, 3.8) is 0 Å². The fourth-order valence-electron chi connectivity index (χ4n) is 3.56. The van der Waals surface area contributed by atoms with Crippen molar-refractivity contribution >= 4 is 34.8 Å². The molecule has 3 heterocycles. The van der Waals surface area contributed by atoms with Crippen molar-refractivity contribution in [2.24, 2.45) is 0 Å². The summed E-state index contributed by atoms with van der Waals surface area (Å²) < 4.78 is 1.45. The molecular formula is C21H22ClN5O2S. The monoisotopic (exact) mass is 443 g/mol. The van der Waals surface area contributed by atoms with Gasteiger partial charge in [-0.15, -0.1) is 16.4 Å². The number of nitrogens with one attached hydrogen (secondary N) is 1. The highest BCUT2D eigenvalue weighted by Gasteiger charge is 2.29. The molecular weight excluding hydrogens is 422 g/mol. The molecule has 9 heteroatoms. The van der Waals surface area contributed by atoms with E-state index in [2.05, 4.69) is 27.1 Å². The SMILES string of the molecule is CCCC(NC(=O)c1cn(-c2ccccc2Cl)nn1)C(=O)N1CCc2sccc2C1. The lowest BCUT2D eigenvalue weighted by Crippen LogP contribution is -2.49. The minimum Gasteiger partial charge on any atom is -0.339 e. The smallest absolute Gasteiger partial charge is 0.274 e. The van der Waals surface area contributed by atoms with Crippen LogP contribution in [0.25, 0.3) is 5.69 Å². The second-order valence-electron chi connectivity index (χ2n) is 7.19. The topological polar surface area (TPSA) is 80.1 Å². The average molecular weight is 444 g/mol. The number of rotatable bonds is 6. The number of para-hydroxylation sites is 1. The third-order valence-electron chi connectivity index (χ3n) is 5.13. The molecule has 30 heavy (non-hydrogen) atoms. The first-order valence-electron chi connectivity index (χ1n) is 9.89. The lowest BCUT2D eigenvalue weighted by molar-refractivity contribution is -0.134. The van der Waals surface area contributed by atoms with E-state index in [0.717, 1.165) is 12.8 Å². The average Bonchev–Trinajstić information content (AvgIpc) is 3.42. The maximum absolute atomic E-state index is 13.1. The summed E-state index contributed by atoms with van der Waals surface area (Å²) in [4.78, 5) is 29.1. The van der Waals surface area contributed by atoms with Crippen LogP contribution in [0.1, 0.15) is 40.7 Å². The Morgan fingerprint density at radius 3 is 2.93 bits per heavy atom.